The predicted molar refractivity (Wildman–Crippen MR) is 78.0 cm³/mol. The Bertz CT molecular complexity index is 335. The highest BCUT2D eigenvalue weighted by atomic mass is 16.5. The SMILES string of the molecule is CC(C)NC(C)(C#N)CCN1CC(C)OC(C)(C)C1. The lowest BCUT2D eigenvalue weighted by Gasteiger charge is -2.42. The maximum atomic E-state index is 9.36. The zero-order valence-corrected chi connectivity index (χ0v) is 13.3. The lowest BCUT2D eigenvalue weighted by atomic mass is 9.97. The van der Waals surface area contributed by atoms with Crippen LogP contribution in [-0.2, 0) is 4.74 Å². The highest BCUT2D eigenvalue weighted by molar-refractivity contribution is 5.05. The Morgan fingerprint density at radius 2 is 2.16 bits per heavy atom. The second-order valence-electron chi connectivity index (χ2n) is 6.92. The van der Waals surface area contributed by atoms with E-state index < -0.39 is 5.54 Å². The van der Waals surface area contributed by atoms with Crippen molar-refractivity contribution >= 4 is 0 Å². The van der Waals surface area contributed by atoms with Gasteiger partial charge in [-0.25, -0.2) is 0 Å². The number of nitriles is 1. The van der Waals surface area contributed by atoms with E-state index in [-0.39, 0.29) is 11.7 Å². The van der Waals surface area contributed by atoms with Crippen LogP contribution in [0, 0.1) is 11.3 Å². The van der Waals surface area contributed by atoms with E-state index in [1.165, 1.54) is 0 Å². The van der Waals surface area contributed by atoms with Crippen LogP contribution in [0.1, 0.15) is 48.0 Å². The van der Waals surface area contributed by atoms with Crippen molar-refractivity contribution in [3.8, 4) is 6.07 Å². The van der Waals surface area contributed by atoms with E-state index in [0.29, 0.717) is 6.04 Å². The zero-order chi connectivity index (χ0) is 14.7. The molecule has 4 nitrogen and oxygen atoms in total. The molecule has 1 saturated heterocycles. The number of ether oxygens (including phenoxy) is 1. The highest BCUT2D eigenvalue weighted by Gasteiger charge is 2.33. The minimum Gasteiger partial charge on any atom is -0.370 e. The number of nitrogens with one attached hydrogen (secondary N) is 1. The average molecular weight is 267 g/mol. The van der Waals surface area contributed by atoms with Crippen molar-refractivity contribution in [1.29, 1.82) is 5.26 Å². The molecule has 0 aromatic rings. The molecule has 1 fully saturated rings. The summed E-state index contributed by atoms with van der Waals surface area (Å²) in [4.78, 5) is 2.41. The van der Waals surface area contributed by atoms with Gasteiger partial charge in [0.2, 0.25) is 0 Å². The van der Waals surface area contributed by atoms with Gasteiger partial charge in [0.15, 0.2) is 0 Å². The van der Waals surface area contributed by atoms with E-state index in [2.05, 4.69) is 50.9 Å². The lowest BCUT2D eigenvalue weighted by molar-refractivity contribution is -0.129. The molecule has 0 aliphatic carbocycles. The number of hydrogen-bond donors (Lipinski definition) is 1. The molecule has 1 N–H and O–H groups in total. The van der Waals surface area contributed by atoms with Crippen molar-refractivity contribution in [3.63, 3.8) is 0 Å². The molecular formula is C15H29N3O. The Hall–Kier alpha value is -0.630. The van der Waals surface area contributed by atoms with Crippen molar-refractivity contribution in [1.82, 2.24) is 10.2 Å². The Balaban J connectivity index is 2.53. The van der Waals surface area contributed by atoms with Gasteiger partial charge in [0.25, 0.3) is 0 Å². The molecule has 1 aliphatic heterocycles. The Morgan fingerprint density at radius 1 is 1.53 bits per heavy atom. The molecule has 0 aromatic carbocycles. The predicted octanol–water partition coefficient (Wildman–Crippen LogP) is 2.16. The molecule has 2 atom stereocenters. The van der Waals surface area contributed by atoms with E-state index in [9.17, 15) is 5.26 Å². The normalized spacial score (nSPS) is 26.9. The van der Waals surface area contributed by atoms with Gasteiger partial charge in [-0.15, -0.1) is 0 Å². The minimum absolute atomic E-state index is 0.0911. The second-order valence-corrected chi connectivity index (χ2v) is 6.92. The summed E-state index contributed by atoms with van der Waals surface area (Å²) in [5.41, 5.74) is -0.536. The quantitative estimate of drug-likeness (QED) is 0.829. The summed E-state index contributed by atoms with van der Waals surface area (Å²) in [6, 6.07) is 2.74. The summed E-state index contributed by atoms with van der Waals surface area (Å²) in [6.07, 6.45) is 1.10. The maximum Gasteiger partial charge on any atom is 0.105 e. The Morgan fingerprint density at radius 3 is 2.63 bits per heavy atom. The summed E-state index contributed by atoms with van der Waals surface area (Å²) in [6.45, 7) is 15.3. The lowest BCUT2D eigenvalue weighted by Crippen LogP contribution is -2.54. The molecule has 1 heterocycles. The molecule has 4 heteroatoms. The molecule has 1 aliphatic rings. The van der Waals surface area contributed by atoms with Gasteiger partial charge in [-0.2, -0.15) is 5.26 Å². The van der Waals surface area contributed by atoms with Crippen molar-refractivity contribution in [2.45, 2.75) is 71.2 Å². The largest absolute Gasteiger partial charge is 0.370 e. The van der Waals surface area contributed by atoms with Gasteiger partial charge in [-0.3, -0.25) is 10.2 Å². The molecule has 0 aromatic heterocycles. The van der Waals surface area contributed by atoms with E-state index in [4.69, 9.17) is 4.74 Å². The molecule has 19 heavy (non-hydrogen) atoms. The molecular weight excluding hydrogens is 238 g/mol. The third-order valence-electron chi connectivity index (χ3n) is 3.42. The molecule has 0 saturated carbocycles. The fourth-order valence-electron chi connectivity index (χ4n) is 2.94. The minimum atomic E-state index is -0.445. The smallest absolute Gasteiger partial charge is 0.105 e. The van der Waals surface area contributed by atoms with Gasteiger partial charge in [-0.05, 0) is 48.0 Å². The molecule has 0 bridgehead atoms. The third kappa shape index (κ3) is 5.48. The van der Waals surface area contributed by atoms with Gasteiger partial charge in [0.1, 0.15) is 5.54 Å². The molecule has 110 valence electrons. The first-order valence-electron chi connectivity index (χ1n) is 7.25. The van der Waals surface area contributed by atoms with Crippen LogP contribution < -0.4 is 5.32 Å². The molecule has 1 rings (SSSR count). The summed E-state index contributed by atoms with van der Waals surface area (Å²) < 4.78 is 5.90. The van der Waals surface area contributed by atoms with E-state index in [1.807, 2.05) is 6.92 Å². The fraction of sp³-hybridized carbons (Fsp3) is 0.933. The van der Waals surface area contributed by atoms with Gasteiger partial charge in [-0.1, -0.05) is 0 Å². The van der Waals surface area contributed by atoms with Crippen LogP contribution in [0.25, 0.3) is 0 Å². The van der Waals surface area contributed by atoms with Gasteiger partial charge < -0.3 is 4.74 Å². The monoisotopic (exact) mass is 267 g/mol. The van der Waals surface area contributed by atoms with Crippen LogP contribution >= 0.6 is 0 Å². The van der Waals surface area contributed by atoms with Gasteiger partial charge >= 0.3 is 0 Å². The van der Waals surface area contributed by atoms with Gasteiger partial charge in [0.05, 0.1) is 17.8 Å². The van der Waals surface area contributed by atoms with Crippen LogP contribution in [0.2, 0.25) is 0 Å². The Kier molecular flexibility index (Phi) is 5.37. The highest BCUT2D eigenvalue weighted by Crippen LogP contribution is 2.22. The van der Waals surface area contributed by atoms with Crippen molar-refractivity contribution in [3.05, 3.63) is 0 Å². The topological polar surface area (TPSA) is 48.3 Å². The molecule has 2 unspecified atom stereocenters. The summed E-state index contributed by atoms with van der Waals surface area (Å²) in [5.74, 6) is 0. The maximum absolute atomic E-state index is 9.36. The first-order valence-corrected chi connectivity index (χ1v) is 7.25. The van der Waals surface area contributed by atoms with Crippen LogP contribution in [0.15, 0.2) is 0 Å². The third-order valence-corrected chi connectivity index (χ3v) is 3.42. The standard InChI is InChI=1S/C15H29N3O/c1-12(2)17-15(6,10-16)7-8-18-9-13(3)19-14(4,5)11-18/h12-13,17H,7-9,11H2,1-6H3. The fourth-order valence-corrected chi connectivity index (χ4v) is 2.94. The second kappa shape index (κ2) is 6.21. The Labute approximate surface area is 118 Å². The van der Waals surface area contributed by atoms with Crippen LogP contribution in [0.5, 0.6) is 0 Å². The first-order chi connectivity index (χ1) is 8.66. The summed E-state index contributed by atoms with van der Waals surface area (Å²) in [5, 5.41) is 12.7. The summed E-state index contributed by atoms with van der Waals surface area (Å²) >= 11 is 0. The first kappa shape index (κ1) is 16.4. The van der Waals surface area contributed by atoms with Crippen LogP contribution in [-0.4, -0.2) is 47.8 Å². The number of nitrogens with zero attached hydrogens (tertiary/aromatic N) is 2. The summed E-state index contributed by atoms with van der Waals surface area (Å²) in [7, 11) is 0. The number of hydrogen-bond acceptors (Lipinski definition) is 4. The molecule has 0 amide bonds. The van der Waals surface area contributed by atoms with Crippen LogP contribution in [0.3, 0.4) is 0 Å². The number of rotatable bonds is 5. The van der Waals surface area contributed by atoms with Gasteiger partial charge in [0, 0.05) is 25.7 Å². The molecule has 0 radical (unpaired) electrons. The van der Waals surface area contributed by atoms with E-state index in [0.717, 1.165) is 26.1 Å². The number of morpholine rings is 1. The average Bonchev–Trinajstić information content (AvgIpc) is 2.23. The van der Waals surface area contributed by atoms with Crippen LogP contribution in [0.4, 0.5) is 0 Å². The van der Waals surface area contributed by atoms with E-state index in [1.54, 1.807) is 0 Å². The van der Waals surface area contributed by atoms with Crippen molar-refractivity contribution in [2.75, 3.05) is 19.6 Å². The zero-order valence-electron chi connectivity index (χ0n) is 13.3. The van der Waals surface area contributed by atoms with Crippen molar-refractivity contribution in [2.24, 2.45) is 0 Å². The van der Waals surface area contributed by atoms with Crippen molar-refractivity contribution < 1.29 is 4.74 Å². The van der Waals surface area contributed by atoms with E-state index >= 15 is 0 Å². The molecule has 0 spiro atoms.